The highest BCUT2D eigenvalue weighted by Crippen LogP contribution is 2.25. The molecule has 0 atom stereocenters. The van der Waals surface area contributed by atoms with Gasteiger partial charge in [-0.05, 0) is 6.92 Å². The summed E-state index contributed by atoms with van der Waals surface area (Å²) in [5.74, 6) is 0.715. The number of nitrogens with zero attached hydrogens (tertiary/aromatic N) is 4. The number of carbonyl (C=O) groups is 1. The molecule has 18 heavy (non-hydrogen) atoms. The van der Waals surface area contributed by atoms with E-state index in [0.717, 1.165) is 17.5 Å². The number of aromatic nitrogens is 4. The Morgan fingerprint density at radius 1 is 1.44 bits per heavy atom. The van der Waals surface area contributed by atoms with Crippen LogP contribution in [-0.4, -0.2) is 36.6 Å². The lowest BCUT2D eigenvalue weighted by Crippen LogP contribution is -2.01. The highest BCUT2D eigenvalue weighted by molar-refractivity contribution is 7.99. The summed E-state index contributed by atoms with van der Waals surface area (Å²) in [5, 5.41) is 17.1. The number of aryl methyl sites for hydroxylation is 2. The molecule has 0 amide bonds. The molecule has 0 aromatic carbocycles. The number of hydrogen-bond donors (Lipinski definition) is 1. The second-order valence-electron chi connectivity index (χ2n) is 3.70. The number of carboxylic acid groups (broad SMARTS) is 1. The molecule has 0 spiro atoms. The van der Waals surface area contributed by atoms with Crippen LogP contribution in [0.4, 0.5) is 0 Å². The van der Waals surface area contributed by atoms with Crippen molar-refractivity contribution < 1.29 is 14.3 Å². The summed E-state index contributed by atoms with van der Waals surface area (Å²) in [6, 6.07) is 0. The fraction of sp³-hybridized carbons (Fsp3) is 0.400. The van der Waals surface area contributed by atoms with Crippen LogP contribution >= 0.6 is 11.8 Å². The Morgan fingerprint density at radius 3 is 2.72 bits per heavy atom. The van der Waals surface area contributed by atoms with Crippen molar-refractivity contribution in [2.75, 3.05) is 5.75 Å². The fourth-order valence-corrected chi connectivity index (χ4v) is 2.13. The molecular formula is C10H12N4O3S. The Labute approximate surface area is 107 Å². The maximum Gasteiger partial charge on any atom is 0.313 e. The van der Waals surface area contributed by atoms with Gasteiger partial charge in [-0.1, -0.05) is 11.8 Å². The quantitative estimate of drug-likeness (QED) is 0.834. The summed E-state index contributed by atoms with van der Waals surface area (Å²) in [6.07, 6.45) is 0. The molecule has 7 nitrogen and oxygen atoms in total. The molecule has 2 aromatic heterocycles. The third-order valence-electron chi connectivity index (χ3n) is 2.27. The molecule has 2 heterocycles. The Morgan fingerprint density at radius 2 is 2.17 bits per heavy atom. The molecule has 0 aliphatic heterocycles. The normalized spacial score (nSPS) is 10.8. The van der Waals surface area contributed by atoms with Gasteiger partial charge in [0.1, 0.15) is 0 Å². The number of oxazole rings is 1. The number of thioether (sulfide) groups is 1. The van der Waals surface area contributed by atoms with Crippen molar-refractivity contribution in [3.05, 3.63) is 11.6 Å². The van der Waals surface area contributed by atoms with Crippen molar-refractivity contribution in [3.8, 4) is 11.6 Å². The van der Waals surface area contributed by atoms with E-state index in [0.29, 0.717) is 22.6 Å². The molecular weight excluding hydrogens is 256 g/mol. The average molecular weight is 268 g/mol. The lowest BCUT2D eigenvalue weighted by atomic mass is 10.3. The van der Waals surface area contributed by atoms with Gasteiger partial charge >= 0.3 is 5.97 Å². The summed E-state index contributed by atoms with van der Waals surface area (Å²) in [6.45, 7) is 3.58. The number of aliphatic carboxylic acids is 1. The van der Waals surface area contributed by atoms with Crippen LogP contribution in [0.25, 0.3) is 11.6 Å². The van der Waals surface area contributed by atoms with Gasteiger partial charge in [0.25, 0.3) is 0 Å². The Balaban J connectivity index is 2.30. The highest BCUT2D eigenvalue weighted by Gasteiger charge is 2.18. The molecule has 0 aliphatic rings. The van der Waals surface area contributed by atoms with Crippen molar-refractivity contribution in [1.82, 2.24) is 19.7 Å². The van der Waals surface area contributed by atoms with E-state index in [1.807, 2.05) is 6.92 Å². The predicted molar refractivity (Wildman–Crippen MR) is 64.3 cm³/mol. The van der Waals surface area contributed by atoms with Gasteiger partial charge in [-0.25, -0.2) is 4.98 Å². The summed E-state index contributed by atoms with van der Waals surface area (Å²) >= 11 is 1.11. The van der Waals surface area contributed by atoms with Crippen LogP contribution < -0.4 is 0 Å². The monoisotopic (exact) mass is 268 g/mol. The Bertz CT molecular complexity index is 590. The molecule has 0 radical (unpaired) electrons. The second-order valence-corrected chi connectivity index (χ2v) is 4.64. The summed E-state index contributed by atoms with van der Waals surface area (Å²) in [4.78, 5) is 14.7. The van der Waals surface area contributed by atoms with Gasteiger partial charge in [0.15, 0.2) is 16.8 Å². The van der Waals surface area contributed by atoms with Gasteiger partial charge in [0, 0.05) is 14.0 Å². The molecule has 0 fully saturated rings. The van der Waals surface area contributed by atoms with Crippen molar-refractivity contribution in [3.63, 3.8) is 0 Å². The largest absolute Gasteiger partial charge is 0.481 e. The SMILES string of the molecule is Cc1nc(C)c(-c2nnc(SCC(=O)O)n2C)o1. The zero-order valence-electron chi connectivity index (χ0n) is 10.2. The molecule has 0 aliphatic carbocycles. The minimum Gasteiger partial charge on any atom is -0.481 e. The molecule has 8 heteroatoms. The van der Waals surface area contributed by atoms with E-state index in [4.69, 9.17) is 9.52 Å². The van der Waals surface area contributed by atoms with Crippen LogP contribution in [0.3, 0.4) is 0 Å². The summed E-state index contributed by atoms with van der Waals surface area (Å²) in [5.41, 5.74) is 0.734. The van der Waals surface area contributed by atoms with Crippen LogP contribution in [0.5, 0.6) is 0 Å². The second kappa shape index (κ2) is 4.81. The fourth-order valence-electron chi connectivity index (χ4n) is 1.50. The maximum absolute atomic E-state index is 10.5. The van der Waals surface area contributed by atoms with E-state index < -0.39 is 5.97 Å². The van der Waals surface area contributed by atoms with Crippen LogP contribution in [0.15, 0.2) is 9.57 Å². The summed E-state index contributed by atoms with van der Waals surface area (Å²) in [7, 11) is 1.76. The number of hydrogen-bond acceptors (Lipinski definition) is 6. The first-order valence-corrected chi connectivity index (χ1v) is 6.16. The lowest BCUT2D eigenvalue weighted by Gasteiger charge is -2.00. The van der Waals surface area contributed by atoms with E-state index in [1.54, 1.807) is 18.5 Å². The van der Waals surface area contributed by atoms with Crippen LogP contribution in [-0.2, 0) is 11.8 Å². The Hall–Kier alpha value is -1.83. The molecule has 2 rings (SSSR count). The van der Waals surface area contributed by atoms with Gasteiger partial charge < -0.3 is 14.1 Å². The van der Waals surface area contributed by atoms with E-state index in [2.05, 4.69) is 15.2 Å². The minimum atomic E-state index is -0.892. The van der Waals surface area contributed by atoms with E-state index in [-0.39, 0.29) is 5.75 Å². The zero-order chi connectivity index (χ0) is 13.3. The maximum atomic E-state index is 10.5. The standard InChI is InChI=1S/C10H12N4O3S/c1-5-8(17-6(2)11-5)9-12-13-10(14(9)3)18-4-7(15)16/h4H2,1-3H3,(H,15,16). The zero-order valence-corrected chi connectivity index (χ0v) is 11.0. The first-order chi connectivity index (χ1) is 8.49. The lowest BCUT2D eigenvalue weighted by molar-refractivity contribution is -0.133. The third kappa shape index (κ3) is 2.37. The van der Waals surface area contributed by atoms with Crippen molar-refractivity contribution >= 4 is 17.7 Å². The Kier molecular flexibility index (Phi) is 3.37. The number of rotatable bonds is 4. The summed E-state index contributed by atoms with van der Waals surface area (Å²) < 4.78 is 7.16. The van der Waals surface area contributed by atoms with Crippen LogP contribution in [0.1, 0.15) is 11.6 Å². The van der Waals surface area contributed by atoms with E-state index in [1.165, 1.54) is 0 Å². The molecule has 0 bridgehead atoms. The van der Waals surface area contributed by atoms with Gasteiger partial charge in [0.2, 0.25) is 5.82 Å². The van der Waals surface area contributed by atoms with Crippen LogP contribution in [0, 0.1) is 13.8 Å². The van der Waals surface area contributed by atoms with Gasteiger partial charge in [-0.2, -0.15) is 0 Å². The molecule has 96 valence electrons. The predicted octanol–water partition coefficient (Wildman–Crippen LogP) is 1.26. The molecule has 0 saturated carbocycles. The van der Waals surface area contributed by atoms with E-state index >= 15 is 0 Å². The third-order valence-corrected chi connectivity index (χ3v) is 3.27. The van der Waals surface area contributed by atoms with Crippen molar-refractivity contribution in [2.45, 2.75) is 19.0 Å². The first kappa shape index (κ1) is 12.6. The molecule has 0 unspecified atom stereocenters. The minimum absolute atomic E-state index is 0.0552. The first-order valence-electron chi connectivity index (χ1n) is 5.17. The van der Waals surface area contributed by atoms with E-state index in [9.17, 15) is 4.79 Å². The van der Waals surface area contributed by atoms with Crippen LogP contribution in [0.2, 0.25) is 0 Å². The van der Waals surface area contributed by atoms with Crippen molar-refractivity contribution in [2.24, 2.45) is 7.05 Å². The van der Waals surface area contributed by atoms with Crippen molar-refractivity contribution in [1.29, 1.82) is 0 Å². The van der Waals surface area contributed by atoms with Gasteiger partial charge in [-0.15, -0.1) is 10.2 Å². The van der Waals surface area contributed by atoms with Gasteiger partial charge in [-0.3, -0.25) is 4.79 Å². The molecule has 2 aromatic rings. The molecule has 0 saturated heterocycles. The molecule has 1 N–H and O–H groups in total. The van der Waals surface area contributed by atoms with Gasteiger partial charge in [0.05, 0.1) is 11.4 Å². The average Bonchev–Trinajstić information content (AvgIpc) is 2.79. The topological polar surface area (TPSA) is 94.0 Å². The highest BCUT2D eigenvalue weighted by atomic mass is 32.2. The smallest absolute Gasteiger partial charge is 0.313 e. The number of carboxylic acids is 1.